The first-order valence-electron chi connectivity index (χ1n) is 5.52. The molecule has 0 atom stereocenters. The fourth-order valence-corrected chi connectivity index (χ4v) is 2.54. The summed E-state index contributed by atoms with van der Waals surface area (Å²) in [5.74, 6) is 0. The Bertz CT molecular complexity index is 446. The molecule has 2 rings (SSSR count). The molecule has 0 radical (unpaired) electrons. The van der Waals surface area contributed by atoms with Crippen molar-refractivity contribution in [2.24, 2.45) is 0 Å². The van der Waals surface area contributed by atoms with E-state index >= 15 is 0 Å². The molecule has 0 aromatic heterocycles. The predicted octanol–water partition coefficient (Wildman–Crippen LogP) is 3.59. The van der Waals surface area contributed by atoms with Crippen molar-refractivity contribution in [3.8, 4) is 6.07 Å². The Kier molecular flexibility index (Phi) is 2.82. The van der Waals surface area contributed by atoms with Crippen LogP contribution in [0, 0.1) is 11.3 Å². The van der Waals surface area contributed by atoms with Crippen molar-refractivity contribution in [3.63, 3.8) is 0 Å². The van der Waals surface area contributed by atoms with E-state index in [0.29, 0.717) is 10.6 Å². The fraction of sp³-hybridized carbons (Fsp3) is 0.462. The lowest BCUT2D eigenvalue weighted by molar-refractivity contribution is 0.518. The fourth-order valence-electron chi connectivity index (χ4n) is 2.38. The number of anilines is 1. The average Bonchev–Trinajstić information content (AvgIpc) is 2.58. The largest absolute Gasteiger partial charge is 0.365 e. The minimum Gasteiger partial charge on any atom is -0.365 e. The first-order chi connectivity index (χ1) is 7.54. The highest BCUT2D eigenvalue weighted by atomic mass is 35.5. The van der Waals surface area contributed by atoms with Gasteiger partial charge in [0.15, 0.2) is 0 Å². The van der Waals surface area contributed by atoms with Gasteiger partial charge in [0.2, 0.25) is 0 Å². The predicted molar refractivity (Wildman–Crippen MR) is 66.8 cm³/mol. The summed E-state index contributed by atoms with van der Waals surface area (Å²) < 4.78 is 0. The Hall–Kier alpha value is -1.20. The van der Waals surface area contributed by atoms with Crippen LogP contribution in [-0.2, 0) is 0 Å². The van der Waals surface area contributed by atoms with Crippen molar-refractivity contribution in [2.45, 2.75) is 32.2 Å². The van der Waals surface area contributed by atoms with E-state index in [1.54, 1.807) is 12.1 Å². The Morgan fingerprint density at radius 2 is 2.19 bits per heavy atom. The van der Waals surface area contributed by atoms with Crippen molar-refractivity contribution >= 4 is 17.3 Å². The second-order valence-electron chi connectivity index (χ2n) is 4.84. The summed E-state index contributed by atoms with van der Waals surface area (Å²) in [6.45, 7) is 5.42. The summed E-state index contributed by atoms with van der Waals surface area (Å²) in [6.07, 6.45) is 2.33. The molecule has 1 aliphatic heterocycles. The molecule has 1 saturated heterocycles. The standard InChI is InChI=1S/C13H15ClN2/c1-13(2)6-3-7-16(13)12-8-11(14)5-4-10(12)9-15/h4-5,8H,3,6-7H2,1-2H3. The Balaban J connectivity index is 2.47. The highest BCUT2D eigenvalue weighted by Gasteiger charge is 2.33. The van der Waals surface area contributed by atoms with Crippen LogP contribution in [0.1, 0.15) is 32.3 Å². The third kappa shape index (κ3) is 1.88. The van der Waals surface area contributed by atoms with Crippen molar-refractivity contribution in [2.75, 3.05) is 11.4 Å². The molecule has 0 aliphatic carbocycles. The third-order valence-electron chi connectivity index (χ3n) is 3.27. The SMILES string of the molecule is CC1(C)CCCN1c1cc(Cl)ccc1C#N. The van der Waals surface area contributed by atoms with E-state index in [4.69, 9.17) is 16.9 Å². The molecule has 1 aromatic rings. The molecule has 1 aromatic carbocycles. The van der Waals surface area contributed by atoms with Gasteiger partial charge in [-0.15, -0.1) is 0 Å². The lowest BCUT2D eigenvalue weighted by Crippen LogP contribution is -2.38. The molecule has 1 heterocycles. The van der Waals surface area contributed by atoms with Crippen LogP contribution in [0.5, 0.6) is 0 Å². The minimum absolute atomic E-state index is 0.121. The van der Waals surface area contributed by atoms with E-state index in [2.05, 4.69) is 24.8 Å². The van der Waals surface area contributed by atoms with Crippen LogP contribution in [0.2, 0.25) is 5.02 Å². The Labute approximate surface area is 101 Å². The van der Waals surface area contributed by atoms with Gasteiger partial charge in [-0.25, -0.2) is 0 Å². The Morgan fingerprint density at radius 1 is 1.44 bits per heavy atom. The number of rotatable bonds is 1. The smallest absolute Gasteiger partial charge is 0.101 e. The number of nitrogens with zero attached hydrogens (tertiary/aromatic N) is 2. The quantitative estimate of drug-likeness (QED) is 0.743. The zero-order valence-electron chi connectivity index (χ0n) is 9.63. The van der Waals surface area contributed by atoms with Gasteiger partial charge in [0.05, 0.1) is 11.3 Å². The van der Waals surface area contributed by atoms with Gasteiger partial charge in [-0.1, -0.05) is 11.6 Å². The normalized spacial score (nSPS) is 18.5. The van der Waals surface area contributed by atoms with Gasteiger partial charge in [0.25, 0.3) is 0 Å². The molecule has 0 unspecified atom stereocenters. The third-order valence-corrected chi connectivity index (χ3v) is 3.51. The summed E-state index contributed by atoms with van der Waals surface area (Å²) in [5.41, 5.74) is 1.80. The molecule has 2 nitrogen and oxygen atoms in total. The number of benzene rings is 1. The first kappa shape index (κ1) is 11.3. The highest BCUT2D eigenvalue weighted by molar-refractivity contribution is 6.30. The summed E-state index contributed by atoms with van der Waals surface area (Å²) >= 11 is 6.01. The molecular weight excluding hydrogens is 220 g/mol. The van der Waals surface area contributed by atoms with Crippen LogP contribution in [-0.4, -0.2) is 12.1 Å². The molecule has 0 amide bonds. The highest BCUT2D eigenvalue weighted by Crippen LogP contribution is 2.36. The monoisotopic (exact) mass is 234 g/mol. The van der Waals surface area contributed by atoms with Crippen LogP contribution >= 0.6 is 11.6 Å². The summed E-state index contributed by atoms with van der Waals surface area (Å²) in [6, 6.07) is 7.70. The molecule has 1 aliphatic rings. The van der Waals surface area contributed by atoms with Crippen molar-refractivity contribution < 1.29 is 0 Å². The van der Waals surface area contributed by atoms with E-state index in [9.17, 15) is 0 Å². The number of hydrogen-bond donors (Lipinski definition) is 0. The molecule has 1 fully saturated rings. The zero-order chi connectivity index (χ0) is 11.8. The van der Waals surface area contributed by atoms with Gasteiger partial charge < -0.3 is 4.90 Å². The van der Waals surface area contributed by atoms with E-state index in [-0.39, 0.29) is 5.54 Å². The van der Waals surface area contributed by atoms with Gasteiger partial charge in [-0.05, 0) is 44.9 Å². The molecule has 84 valence electrons. The topological polar surface area (TPSA) is 27.0 Å². The maximum atomic E-state index is 9.12. The van der Waals surface area contributed by atoms with Gasteiger partial charge in [0.1, 0.15) is 6.07 Å². The second-order valence-corrected chi connectivity index (χ2v) is 5.28. The average molecular weight is 235 g/mol. The van der Waals surface area contributed by atoms with Crippen molar-refractivity contribution in [3.05, 3.63) is 28.8 Å². The lowest BCUT2D eigenvalue weighted by Gasteiger charge is -2.34. The van der Waals surface area contributed by atoms with Gasteiger partial charge in [-0.3, -0.25) is 0 Å². The van der Waals surface area contributed by atoms with Crippen molar-refractivity contribution in [1.82, 2.24) is 0 Å². The molecule has 16 heavy (non-hydrogen) atoms. The van der Waals surface area contributed by atoms with Gasteiger partial charge in [0, 0.05) is 17.1 Å². The second kappa shape index (κ2) is 3.99. The van der Waals surface area contributed by atoms with Crippen LogP contribution in [0.15, 0.2) is 18.2 Å². The summed E-state index contributed by atoms with van der Waals surface area (Å²) in [5, 5.41) is 9.81. The van der Waals surface area contributed by atoms with E-state index in [1.165, 1.54) is 6.42 Å². The van der Waals surface area contributed by atoms with Crippen LogP contribution in [0.3, 0.4) is 0 Å². The minimum atomic E-state index is 0.121. The Morgan fingerprint density at radius 3 is 2.75 bits per heavy atom. The maximum Gasteiger partial charge on any atom is 0.101 e. The van der Waals surface area contributed by atoms with Gasteiger partial charge >= 0.3 is 0 Å². The number of halogens is 1. The molecule has 0 spiro atoms. The molecule has 0 bridgehead atoms. The van der Waals surface area contributed by atoms with E-state index < -0.39 is 0 Å². The molecule has 0 saturated carbocycles. The van der Waals surface area contributed by atoms with Crippen LogP contribution in [0.25, 0.3) is 0 Å². The van der Waals surface area contributed by atoms with Crippen molar-refractivity contribution in [1.29, 1.82) is 5.26 Å². The maximum absolute atomic E-state index is 9.12. The first-order valence-corrected chi connectivity index (χ1v) is 5.90. The zero-order valence-corrected chi connectivity index (χ0v) is 10.4. The number of nitriles is 1. The molecule has 3 heteroatoms. The summed E-state index contributed by atoms with van der Waals surface area (Å²) in [4.78, 5) is 2.29. The van der Waals surface area contributed by atoms with Crippen LogP contribution in [0.4, 0.5) is 5.69 Å². The lowest BCUT2D eigenvalue weighted by atomic mass is 10.0. The summed E-state index contributed by atoms with van der Waals surface area (Å²) in [7, 11) is 0. The number of hydrogen-bond acceptors (Lipinski definition) is 2. The van der Waals surface area contributed by atoms with E-state index in [1.807, 2.05) is 6.07 Å². The van der Waals surface area contributed by atoms with Crippen LogP contribution < -0.4 is 4.90 Å². The van der Waals surface area contributed by atoms with E-state index in [0.717, 1.165) is 18.7 Å². The molecule has 0 N–H and O–H groups in total. The molecular formula is C13H15ClN2. The van der Waals surface area contributed by atoms with Gasteiger partial charge in [-0.2, -0.15) is 5.26 Å².